The van der Waals surface area contributed by atoms with Crippen molar-refractivity contribution >= 4 is 5.97 Å². The van der Waals surface area contributed by atoms with Gasteiger partial charge in [-0.3, -0.25) is 4.79 Å². The third-order valence-corrected chi connectivity index (χ3v) is 2.39. The van der Waals surface area contributed by atoms with E-state index >= 15 is 0 Å². The number of nitrogens with zero attached hydrogens (tertiary/aromatic N) is 2. The Morgan fingerprint density at radius 2 is 1.80 bits per heavy atom. The summed E-state index contributed by atoms with van der Waals surface area (Å²) in [5.41, 5.74) is 0. The molecule has 0 amide bonds. The van der Waals surface area contributed by atoms with Gasteiger partial charge in [0.25, 0.3) is 0 Å². The van der Waals surface area contributed by atoms with Crippen molar-refractivity contribution in [3.05, 3.63) is 0 Å². The maximum Gasteiger partial charge on any atom is 0.304 e. The summed E-state index contributed by atoms with van der Waals surface area (Å²) >= 11 is 0. The maximum atomic E-state index is 10.5. The first-order valence-electron chi connectivity index (χ1n) is 5.54. The molecule has 0 aliphatic heterocycles. The molecule has 0 saturated carbocycles. The first-order valence-corrected chi connectivity index (χ1v) is 5.54. The standard InChI is InChI=1S/C11H24N2O2/c1-10(2)13(9-6-11(14)15)8-5-7-12(3)4/h10H,5-9H2,1-4H3,(H,14,15). The molecule has 0 bridgehead atoms. The Labute approximate surface area is 92.9 Å². The van der Waals surface area contributed by atoms with E-state index in [9.17, 15) is 4.79 Å². The van der Waals surface area contributed by atoms with Gasteiger partial charge in [-0.05, 0) is 47.5 Å². The van der Waals surface area contributed by atoms with Gasteiger partial charge in [0.15, 0.2) is 0 Å². The molecule has 0 radical (unpaired) electrons. The Bertz CT molecular complexity index is 181. The average Bonchev–Trinajstić information content (AvgIpc) is 2.09. The Morgan fingerprint density at radius 1 is 1.20 bits per heavy atom. The highest BCUT2D eigenvalue weighted by Crippen LogP contribution is 2.01. The predicted molar refractivity (Wildman–Crippen MR) is 62.1 cm³/mol. The van der Waals surface area contributed by atoms with Gasteiger partial charge >= 0.3 is 5.97 Å². The molecule has 0 aromatic carbocycles. The van der Waals surface area contributed by atoms with Gasteiger partial charge in [0.2, 0.25) is 0 Å². The Balaban J connectivity index is 3.78. The van der Waals surface area contributed by atoms with Crippen LogP contribution in [0.4, 0.5) is 0 Å². The van der Waals surface area contributed by atoms with E-state index in [-0.39, 0.29) is 6.42 Å². The van der Waals surface area contributed by atoms with Gasteiger partial charge in [0, 0.05) is 12.6 Å². The number of aliphatic carboxylic acids is 1. The fourth-order valence-electron chi connectivity index (χ4n) is 1.46. The van der Waals surface area contributed by atoms with E-state index in [1.165, 1.54) is 0 Å². The Kier molecular flexibility index (Phi) is 7.34. The smallest absolute Gasteiger partial charge is 0.304 e. The van der Waals surface area contributed by atoms with Gasteiger partial charge in [0.1, 0.15) is 0 Å². The first kappa shape index (κ1) is 14.4. The molecule has 0 aliphatic rings. The van der Waals surface area contributed by atoms with Crippen LogP contribution in [0.3, 0.4) is 0 Å². The number of rotatable bonds is 8. The Morgan fingerprint density at radius 3 is 2.20 bits per heavy atom. The van der Waals surface area contributed by atoms with E-state index in [1.54, 1.807) is 0 Å². The highest BCUT2D eigenvalue weighted by molar-refractivity contribution is 5.66. The fraction of sp³-hybridized carbons (Fsp3) is 0.909. The molecule has 0 aliphatic carbocycles. The third kappa shape index (κ3) is 8.39. The van der Waals surface area contributed by atoms with Crippen LogP contribution in [0.5, 0.6) is 0 Å². The van der Waals surface area contributed by atoms with Crippen molar-refractivity contribution < 1.29 is 9.90 Å². The van der Waals surface area contributed by atoms with Crippen molar-refractivity contribution in [2.24, 2.45) is 0 Å². The zero-order chi connectivity index (χ0) is 11.8. The van der Waals surface area contributed by atoms with Crippen LogP contribution in [0.15, 0.2) is 0 Å². The van der Waals surface area contributed by atoms with Crippen LogP contribution < -0.4 is 0 Å². The lowest BCUT2D eigenvalue weighted by molar-refractivity contribution is -0.137. The molecule has 90 valence electrons. The molecule has 0 aromatic rings. The SMILES string of the molecule is CC(C)N(CCCN(C)C)CCC(=O)O. The minimum Gasteiger partial charge on any atom is -0.481 e. The summed E-state index contributed by atoms with van der Waals surface area (Å²) in [7, 11) is 4.11. The van der Waals surface area contributed by atoms with Crippen LogP contribution in [-0.2, 0) is 4.79 Å². The second-order valence-corrected chi connectivity index (χ2v) is 4.43. The number of carboxylic acid groups (broad SMARTS) is 1. The zero-order valence-electron chi connectivity index (χ0n) is 10.4. The normalized spacial score (nSPS) is 11.7. The molecule has 0 unspecified atom stereocenters. The summed E-state index contributed by atoms with van der Waals surface area (Å²) in [6, 6.07) is 0.423. The van der Waals surface area contributed by atoms with Crippen LogP contribution in [0.25, 0.3) is 0 Å². The predicted octanol–water partition coefficient (Wildman–Crippen LogP) is 1.12. The van der Waals surface area contributed by atoms with Crippen molar-refractivity contribution in [3.63, 3.8) is 0 Å². The molecule has 0 atom stereocenters. The van der Waals surface area contributed by atoms with Crippen LogP contribution in [0.1, 0.15) is 26.7 Å². The monoisotopic (exact) mass is 216 g/mol. The molecule has 0 fully saturated rings. The minimum absolute atomic E-state index is 0.236. The molecule has 4 heteroatoms. The molecular weight excluding hydrogens is 192 g/mol. The van der Waals surface area contributed by atoms with E-state index in [2.05, 4.69) is 37.7 Å². The second kappa shape index (κ2) is 7.65. The molecule has 4 nitrogen and oxygen atoms in total. The van der Waals surface area contributed by atoms with E-state index in [1.807, 2.05) is 0 Å². The number of hydrogen-bond acceptors (Lipinski definition) is 3. The summed E-state index contributed by atoms with van der Waals surface area (Å²) < 4.78 is 0. The zero-order valence-corrected chi connectivity index (χ0v) is 10.4. The largest absolute Gasteiger partial charge is 0.481 e. The molecule has 0 saturated heterocycles. The summed E-state index contributed by atoms with van der Waals surface area (Å²) in [5.74, 6) is -0.715. The van der Waals surface area contributed by atoms with E-state index in [0.29, 0.717) is 12.6 Å². The van der Waals surface area contributed by atoms with Crippen molar-refractivity contribution in [3.8, 4) is 0 Å². The third-order valence-electron chi connectivity index (χ3n) is 2.39. The number of carboxylic acids is 1. The van der Waals surface area contributed by atoms with E-state index in [4.69, 9.17) is 5.11 Å². The van der Waals surface area contributed by atoms with Crippen LogP contribution in [0, 0.1) is 0 Å². The molecule has 15 heavy (non-hydrogen) atoms. The molecular formula is C11H24N2O2. The topological polar surface area (TPSA) is 43.8 Å². The van der Waals surface area contributed by atoms with Gasteiger partial charge in [-0.1, -0.05) is 0 Å². The summed E-state index contributed by atoms with van der Waals surface area (Å²) in [6.07, 6.45) is 1.32. The molecule has 0 rings (SSSR count). The van der Waals surface area contributed by atoms with Gasteiger partial charge in [0.05, 0.1) is 6.42 Å². The molecule has 0 aromatic heterocycles. The molecule has 0 heterocycles. The lowest BCUT2D eigenvalue weighted by Gasteiger charge is -2.26. The molecule has 1 N–H and O–H groups in total. The quantitative estimate of drug-likeness (QED) is 0.660. The Hall–Kier alpha value is -0.610. The van der Waals surface area contributed by atoms with Gasteiger partial charge in [-0.2, -0.15) is 0 Å². The highest BCUT2D eigenvalue weighted by atomic mass is 16.4. The summed E-state index contributed by atoms with van der Waals surface area (Å²) in [6.45, 7) is 6.90. The number of carbonyl (C=O) groups is 1. The fourth-order valence-corrected chi connectivity index (χ4v) is 1.46. The minimum atomic E-state index is -0.715. The van der Waals surface area contributed by atoms with Crippen molar-refractivity contribution in [2.45, 2.75) is 32.7 Å². The number of hydrogen-bond donors (Lipinski definition) is 1. The van der Waals surface area contributed by atoms with Gasteiger partial charge < -0.3 is 14.9 Å². The maximum absolute atomic E-state index is 10.5. The lowest BCUT2D eigenvalue weighted by Crippen LogP contribution is -2.35. The van der Waals surface area contributed by atoms with E-state index < -0.39 is 5.97 Å². The highest BCUT2D eigenvalue weighted by Gasteiger charge is 2.10. The first-order chi connectivity index (χ1) is 6.93. The second-order valence-electron chi connectivity index (χ2n) is 4.43. The van der Waals surface area contributed by atoms with E-state index in [0.717, 1.165) is 19.5 Å². The van der Waals surface area contributed by atoms with Crippen LogP contribution >= 0.6 is 0 Å². The lowest BCUT2D eigenvalue weighted by atomic mass is 10.2. The van der Waals surface area contributed by atoms with Crippen molar-refractivity contribution in [2.75, 3.05) is 33.7 Å². The van der Waals surface area contributed by atoms with Gasteiger partial charge in [-0.15, -0.1) is 0 Å². The molecule has 0 spiro atoms. The van der Waals surface area contributed by atoms with Crippen molar-refractivity contribution in [1.29, 1.82) is 0 Å². The summed E-state index contributed by atoms with van der Waals surface area (Å²) in [4.78, 5) is 14.8. The average molecular weight is 216 g/mol. The van der Waals surface area contributed by atoms with Crippen LogP contribution in [-0.4, -0.2) is 60.6 Å². The van der Waals surface area contributed by atoms with Crippen molar-refractivity contribution in [1.82, 2.24) is 9.80 Å². The van der Waals surface area contributed by atoms with Crippen LogP contribution in [0.2, 0.25) is 0 Å². The summed E-state index contributed by atoms with van der Waals surface area (Å²) in [5, 5.41) is 8.62. The van der Waals surface area contributed by atoms with Gasteiger partial charge in [-0.25, -0.2) is 0 Å².